The standard InChI is InChI=1S/C12H20O2/c1-9-4-5-11(6-10(9)7-13)12(2,3)8-14/h7-11H,4-6H2,1-3H3. The predicted octanol–water partition coefficient (Wildman–Crippen LogP) is 2.46. The second-order valence-electron chi connectivity index (χ2n) is 5.23. The predicted molar refractivity (Wildman–Crippen MR) is 55.9 cm³/mol. The van der Waals surface area contributed by atoms with Gasteiger partial charge in [-0.3, -0.25) is 0 Å². The van der Waals surface area contributed by atoms with Crippen LogP contribution in [0.2, 0.25) is 0 Å². The van der Waals surface area contributed by atoms with Crippen LogP contribution in [0.3, 0.4) is 0 Å². The van der Waals surface area contributed by atoms with Crippen LogP contribution in [0, 0.1) is 23.2 Å². The lowest BCUT2D eigenvalue weighted by Crippen LogP contribution is -2.34. The molecule has 0 radical (unpaired) electrons. The molecule has 3 unspecified atom stereocenters. The van der Waals surface area contributed by atoms with E-state index in [4.69, 9.17) is 0 Å². The van der Waals surface area contributed by atoms with E-state index in [1.807, 2.05) is 13.8 Å². The smallest absolute Gasteiger partial charge is 0.125 e. The molecule has 2 nitrogen and oxygen atoms in total. The maximum atomic E-state index is 10.9. The van der Waals surface area contributed by atoms with Crippen molar-refractivity contribution >= 4 is 12.6 Å². The number of carbonyl (C=O) groups is 2. The average Bonchev–Trinajstić information content (AvgIpc) is 2.18. The lowest BCUT2D eigenvalue weighted by atomic mass is 9.66. The highest BCUT2D eigenvalue weighted by molar-refractivity contribution is 5.59. The number of carbonyl (C=O) groups excluding carboxylic acids is 2. The zero-order valence-corrected chi connectivity index (χ0v) is 9.32. The summed E-state index contributed by atoms with van der Waals surface area (Å²) in [5.41, 5.74) is -0.262. The summed E-state index contributed by atoms with van der Waals surface area (Å²) >= 11 is 0. The van der Waals surface area contributed by atoms with E-state index in [1.54, 1.807) is 0 Å². The van der Waals surface area contributed by atoms with Gasteiger partial charge in [-0.25, -0.2) is 0 Å². The average molecular weight is 196 g/mol. The highest BCUT2D eigenvalue weighted by atomic mass is 16.1. The number of hydrogen-bond donors (Lipinski definition) is 0. The van der Waals surface area contributed by atoms with Gasteiger partial charge >= 0.3 is 0 Å². The molecule has 0 N–H and O–H groups in total. The maximum absolute atomic E-state index is 10.9. The van der Waals surface area contributed by atoms with Crippen LogP contribution in [0.25, 0.3) is 0 Å². The van der Waals surface area contributed by atoms with Crippen molar-refractivity contribution in [2.24, 2.45) is 23.2 Å². The minimum Gasteiger partial charge on any atom is -0.303 e. The van der Waals surface area contributed by atoms with E-state index in [-0.39, 0.29) is 11.3 Å². The van der Waals surface area contributed by atoms with Gasteiger partial charge in [-0.2, -0.15) is 0 Å². The summed E-state index contributed by atoms with van der Waals surface area (Å²) in [5.74, 6) is 1.03. The van der Waals surface area contributed by atoms with E-state index in [0.29, 0.717) is 11.8 Å². The van der Waals surface area contributed by atoms with Crippen LogP contribution >= 0.6 is 0 Å². The van der Waals surface area contributed by atoms with Gasteiger partial charge in [0.2, 0.25) is 0 Å². The Morgan fingerprint density at radius 2 is 1.86 bits per heavy atom. The number of hydrogen-bond acceptors (Lipinski definition) is 2. The van der Waals surface area contributed by atoms with Crippen LogP contribution < -0.4 is 0 Å². The molecule has 2 heteroatoms. The minimum atomic E-state index is -0.262. The first kappa shape index (κ1) is 11.4. The van der Waals surface area contributed by atoms with Crippen molar-refractivity contribution in [3.8, 4) is 0 Å². The van der Waals surface area contributed by atoms with Gasteiger partial charge < -0.3 is 9.59 Å². The molecule has 1 fully saturated rings. The summed E-state index contributed by atoms with van der Waals surface area (Å²) < 4.78 is 0. The molecular formula is C12H20O2. The van der Waals surface area contributed by atoms with Crippen molar-refractivity contribution in [3.05, 3.63) is 0 Å². The largest absolute Gasteiger partial charge is 0.303 e. The monoisotopic (exact) mass is 196 g/mol. The molecule has 1 rings (SSSR count). The maximum Gasteiger partial charge on any atom is 0.125 e. The van der Waals surface area contributed by atoms with Crippen LogP contribution in [-0.2, 0) is 9.59 Å². The van der Waals surface area contributed by atoms with E-state index in [0.717, 1.165) is 31.8 Å². The summed E-state index contributed by atoms with van der Waals surface area (Å²) in [6.07, 6.45) is 5.15. The van der Waals surface area contributed by atoms with Gasteiger partial charge in [0.25, 0.3) is 0 Å². The fraction of sp³-hybridized carbons (Fsp3) is 0.833. The van der Waals surface area contributed by atoms with Gasteiger partial charge in [-0.1, -0.05) is 20.8 Å². The zero-order chi connectivity index (χ0) is 10.8. The Balaban J connectivity index is 2.67. The van der Waals surface area contributed by atoms with Gasteiger partial charge in [0.05, 0.1) is 0 Å². The van der Waals surface area contributed by atoms with Gasteiger partial charge in [0.15, 0.2) is 0 Å². The molecule has 0 aromatic heterocycles. The van der Waals surface area contributed by atoms with Gasteiger partial charge in [-0.05, 0) is 31.1 Å². The third-order valence-electron chi connectivity index (χ3n) is 3.79. The number of rotatable bonds is 3. The molecule has 0 saturated heterocycles. The lowest BCUT2D eigenvalue weighted by Gasteiger charge is -2.37. The van der Waals surface area contributed by atoms with Gasteiger partial charge in [-0.15, -0.1) is 0 Å². The fourth-order valence-corrected chi connectivity index (χ4v) is 2.32. The van der Waals surface area contributed by atoms with E-state index >= 15 is 0 Å². The van der Waals surface area contributed by atoms with Gasteiger partial charge in [0, 0.05) is 11.3 Å². The van der Waals surface area contributed by atoms with Crippen molar-refractivity contribution in [1.29, 1.82) is 0 Å². The van der Waals surface area contributed by atoms with E-state index < -0.39 is 0 Å². The van der Waals surface area contributed by atoms with Crippen LogP contribution in [-0.4, -0.2) is 12.6 Å². The summed E-state index contributed by atoms with van der Waals surface area (Å²) in [4.78, 5) is 21.8. The lowest BCUT2D eigenvalue weighted by molar-refractivity contribution is -0.121. The van der Waals surface area contributed by atoms with Crippen molar-refractivity contribution in [2.75, 3.05) is 0 Å². The van der Waals surface area contributed by atoms with Crippen molar-refractivity contribution < 1.29 is 9.59 Å². The first-order valence-electron chi connectivity index (χ1n) is 5.43. The quantitative estimate of drug-likeness (QED) is 0.650. The molecule has 3 atom stereocenters. The van der Waals surface area contributed by atoms with Crippen molar-refractivity contribution in [2.45, 2.75) is 40.0 Å². The Labute approximate surface area is 86.1 Å². The Hall–Kier alpha value is -0.660. The number of aldehydes is 2. The third-order valence-corrected chi connectivity index (χ3v) is 3.79. The van der Waals surface area contributed by atoms with Crippen LogP contribution in [0.4, 0.5) is 0 Å². The van der Waals surface area contributed by atoms with Crippen LogP contribution in [0.15, 0.2) is 0 Å². The SMILES string of the molecule is CC1CCC(C(C)(C)C=O)CC1C=O. The normalized spacial score (nSPS) is 33.8. The summed E-state index contributed by atoms with van der Waals surface area (Å²) in [7, 11) is 0. The molecule has 0 heterocycles. The Morgan fingerprint density at radius 1 is 1.21 bits per heavy atom. The Bertz CT molecular complexity index is 220. The van der Waals surface area contributed by atoms with Crippen LogP contribution in [0.1, 0.15) is 40.0 Å². The van der Waals surface area contributed by atoms with Gasteiger partial charge in [0.1, 0.15) is 12.6 Å². The molecule has 14 heavy (non-hydrogen) atoms. The summed E-state index contributed by atoms with van der Waals surface area (Å²) in [6.45, 7) is 6.08. The molecule has 0 aromatic carbocycles. The molecule has 0 bridgehead atoms. The third kappa shape index (κ3) is 2.23. The molecule has 0 aliphatic heterocycles. The highest BCUT2D eigenvalue weighted by Gasteiger charge is 2.36. The molecule has 0 amide bonds. The second kappa shape index (κ2) is 4.24. The summed E-state index contributed by atoms with van der Waals surface area (Å²) in [6, 6.07) is 0. The first-order valence-corrected chi connectivity index (χ1v) is 5.43. The molecule has 1 aliphatic rings. The molecular weight excluding hydrogens is 176 g/mol. The Kier molecular flexibility index (Phi) is 3.46. The molecule has 1 saturated carbocycles. The molecule has 0 aromatic rings. The van der Waals surface area contributed by atoms with Crippen molar-refractivity contribution in [1.82, 2.24) is 0 Å². The first-order chi connectivity index (χ1) is 6.51. The van der Waals surface area contributed by atoms with E-state index in [9.17, 15) is 9.59 Å². The molecule has 1 aliphatic carbocycles. The fourth-order valence-electron chi connectivity index (χ4n) is 2.32. The zero-order valence-electron chi connectivity index (χ0n) is 9.32. The topological polar surface area (TPSA) is 34.1 Å². The van der Waals surface area contributed by atoms with E-state index in [1.165, 1.54) is 0 Å². The van der Waals surface area contributed by atoms with E-state index in [2.05, 4.69) is 6.92 Å². The Morgan fingerprint density at radius 3 is 2.36 bits per heavy atom. The highest BCUT2D eigenvalue weighted by Crippen LogP contribution is 2.41. The second-order valence-corrected chi connectivity index (χ2v) is 5.23. The van der Waals surface area contributed by atoms with Crippen molar-refractivity contribution in [3.63, 3.8) is 0 Å². The minimum absolute atomic E-state index is 0.160. The summed E-state index contributed by atoms with van der Waals surface area (Å²) in [5, 5.41) is 0. The molecule has 0 spiro atoms. The van der Waals surface area contributed by atoms with Crippen LogP contribution in [0.5, 0.6) is 0 Å². The molecule has 80 valence electrons.